The summed E-state index contributed by atoms with van der Waals surface area (Å²) in [5.74, 6) is 0. The SMILES string of the molecule is CC(C)(O)CCn1cc(-c2ccccc2N)cn1. The number of nitrogen functional groups attached to an aromatic ring is 1. The van der Waals surface area contributed by atoms with Gasteiger partial charge in [-0.2, -0.15) is 5.10 Å². The Bertz CT molecular complexity index is 526. The molecule has 0 aliphatic heterocycles. The van der Waals surface area contributed by atoms with Gasteiger partial charge < -0.3 is 10.8 Å². The summed E-state index contributed by atoms with van der Waals surface area (Å²) in [7, 11) is 0. The molecule has 0 fully saturated rings. The standard InChI is InChI=1S/C14H19N3O/c1-14(2,18)7-8-17-10-11(9-16-17)12-5-3-4-6-13(12)15/h3-6,9-10,18H,7-8,15H2,1-2H3. The van der Waals surface area contributed by atoms with Crippen LogP contribution in [0.3, 0.4) is 0 Å². The van der Waals surface area contributed by atoms with Gasteiger partial charge >= 0.3 is 0 Å². The maximum Gasteiger partial charge on any atom is 0.0609 e. The molecule has 0 atom stereocenters. The van der Waals surface area contributed by atoms with Crippen LogP contribution in [0.5, 0.6) is 0 Å². The van der Waals surface area contributed by atoms with Crippen LogP contribution in [0, 0.1) is 0 Å². The lowest BCUT2D eigenvalue weighted by Crippen LogP contribution is -2.21. The van der Waals surface area contributed by atoms with Gasteiger partial charge in [0.1, 0.15) is 0 Å². The smallest absolute Gasteiger partial charge is 0.0609 e. The van der Waals surface area contributed by atoms with Gasteiger partial charge in [0, 0.05) is 29.6 Å². The molecule has 0 bridgehead atoms. The molecule has 18 heavy (non-hydrogen) atoms. The van der Waals surface area contributed by atoms with Crippen molar-refractivity contribution in [3.63, 3.8) is 0 Å². The molecular weight excluding hydrogens is 226 g/mol. The molecule has 1 heterocycles. The molecular formula is C14H19N3O. The molecule has 1 aromatic carbocycles. The second kappa shape index (κ2) is 4.82. The highest BCUT2D eigenvalue weighted by molar-refractivity contribution is 5.75. The highest BCUT2D eigenvalue weighted by atomic mass is 16.3. The van der Waals surface area contributed by atoms with Gasteiger partial charge in [-0.15, -0.1) is 0 Å². The largest absolute Gasteiger partial charge is 0.398 e. The number of aliphatic hydroxyl groups is 1. The highest BCUT2D eigenvalue weighted by Gasteiger charge is 2.13. The number of nitrogens with two attached hydrogens (primary N) is 1. The van der Waals surface area contributed by atoms with E-state index in [2.05, 4.69) is 5.10 Å². The summed E-state index contributed by atoms with van der Waals surface area (Å²) in [6, 6.07) is 7.73. The highest BCUT2D eigenvalue weighted by Crippen LogP contribution is 2.24. The van der Waals surface area contributed by atoms with E-state index in [-0.39, 0.29) is 0 Å². The minimum Gasteiger partial charge on any atom is -0.398 e. The Morgan fingerprint density at radius 3 is 2.72 bits per heavy atom. The van der Waals surface area contributed by atoms with Crippen LogP contribution in [0.25, 0.3) is 11.1 Å². The molecule has 0 saturated carbocycles. The van der Waals surface area contributed by atoms with E-state index in [1.807, 2.05) is 35.1 Å². The number of para-hydroxylation sites is 1. The van der Waals surface area contributed by atoms with E-state index in [9.17, 15) is 5.11 Å². The first-order chi connectivity index (χ1) is 8.46. The summed E-state index contributed by atoms with van der Waals surface area (Å²) < 4.78 is 1.83. The maximum absolute atomic E-state index is 9.69. The van der Waals surface area contributed by atoms with Crippen LogP contribution in [-0.4, -0.2) is 20.5 Å². The molecule has 4 heteroatoms. The fraction of sp³-hybridized carbons (Fsp3) is 0.357. The summed E-state index contributed by atoms with van der Waals surface area (Å²) in [4.78, 5) is 0. The number of rotatable bonds is 4. The minimum atomic E-state index is -0.669. The van der Waals surface area contributed by atoms with Crippen LogP contribution < -0.4 is 5.73 Å². The lowest BCUT2D eigenvalue weighted by atomic mass is 10.1. The molecule has 2 rings (SSSR count). The van der Waals surface area contributed by atoms with Crippen molar-refractivity contribution in [1.29, 1.82) is 0 Å². The Morgan fingerprint density at radius 1 is 1.33 bits per heavy atom. The normalized spacial score (nSPS) is 11.7. The maximum atomic E-state index is 9.69. The zero-order valence-electron chi connectivity index (χ0n) is 10.8. The van der Waals surface area contributed by atoms with Gasteiger partial charge in [-0.3, -0.25) is 4.68 Å². The quantitative estimate of drug-likeness (QED) is 0.812. The summed E-state index contributed by atoms with van der Waals surface area (Å²) in [6.07, 6.45) is 4.42. The first-order valence-corrected chi connectivity index (χ1v) is 6.05. The topological polar surface area (TPSA) is 64.1 Å². The van der Waals surface area contributed by atoms with Gasteiger partial charge in [0.05, 0.1) is 11.8 Å². The van der Waals surface area contributed by atoms with E-state index in [1.54, 1.807) is 20.0 Å². The van der Waals surface area contributed by atoms with Gasteiger partial charge in [-0.05, 0) is 26.3 Å². The average Bonchev–Trinajstić information content (AvgIpc) is 2.75. The van der Waals surface area contributed by atoms with E-state index in [4.69, 9.17) is 5.73 Å². The number of hydrogen-bond acceptors (Lipinski definition) is 3. The van der Waals surface area contributed by atoms with Crippen LogP contribution in [-0.2, 0) is 6.54 Å². The molecule has 96 valence electrons. The van der Waals surface area contributed by atoms with E-state index >= 15 is 0 Å². The zero-order chi connectivity index (χ0) is 13.2. The molecule has 4 nitrogen and oxygen atoms in total. The number of aromatic nitrogens is 2. The van der Waals surface area contributed by atoms with Crippen molar-refractivity contribution in [2.75, 3.05) is 5.73 Å². The van der Waals surface area contributed by atoms with E-state index in [0.717, 1.165) is 16.8 Å². The average molecular weight is 245 g/mol. The number of hydrogen-bond donors (Lipinski definition) is 2. The Balaban J connectivity index is 2.14. The van der Waals surface area contributed by atoms with Gasteiger partial charge in [-0.25, -0.2) is 0 Å². The van der Waals surface area contributed by atoms with Crippen LogP contribution in [0.1, 0.15) is 20.3 Å². The number of nitrogens with zero attached hydrogens (tertiary/aromatic N) is 2. The third-order valence-corrected chi connectivity index (χ3v) is 2.86. The molecule has 0 aliphatic carbocycles. The second-order valence-electron chi connectivity index (χ2n) is 5.14. The summed E-state index contributed by atoms with van der Waals surface area (Å²) in [5, 5.41) is 14.0. The molecule has 0 aliphatic rings. The fourth-order valence-electron chi connectivity index (χ4n) is 1.77. The van der Waals surface area contributed by atoms with E-state index in [1.165, 1.54) is 0 Å². The van der Waals surface area contributed by atoms with Crippen LogP contribution in [0.15, 0.2) is 36.7 Å². The van der Waals surface area contributed by atoms with E-state index < -0.39 is 5.60 Å². The van der Waals surface area contributed by atoms with Gasteiger partial charge in [-0.1, -0.05) is 18.2 Å². The Morgan fingerprint density at radius 2 is 2.06 bits per heavy atom. The first kappa shape index (κ1) is 12.6. The van der Waals surface area contributed by atoms with Crippen LogP contribution in [0.2, 0.25) is 0 Å². The van der Waals surface area contributed by atoms with Gasteiger partial charge in [0.25, 0.3) is 0 Å². The van der Waals surface area contributed by atoms with Gasteiger partial charge in [0.15, 0.2) is 0 Å². The minimum absolute atomic E-state index is 0.665. The van der Waals surface area contributed by atoms with Crippen molar-refractivity contribution in [2.45, 2.75) is 32.4 Å². The van der Waals surface area contributed by atoms with Crippen molar-refractivity contribution in [3.8, 4) is 11.1 Å². The Kier molecular flexibility index (Phi) is 3.39. The van der Waals surface area contributed by atoms with Crippen molar-refractivity contribution in [2.24, 2.45) is 0 Å². The van der Waals surface area contributed by atoms with Gasteiger partial charge in [0.2, 0.25) is 0 Å². The predicted molar refractivity (Wildman–Crippen MR) is 73.0 cm³/mol. The molecule has 2 aromatic rings. The predicted octanol–water partition coefficient (Wildman–Crippen LogP) is 2.29. The summed E-state index contributed by atoms with van der Waals surface area (Å²) >= 11 is 0. The Labute approximate surface area is 107 Å². The molecule has 0 spiro atoms. The van der Waals surface area contributed by atoms with Crippen molar-refractivity contribution in [1.82, 2.24) is 9.78 Å². The summed E-state index contributed by atoms with van der Waals surface area (Å²) in [5.41, 5.74) is 8.00. The van der Waals surface area contributed by atoms with Crippen LogP contribution in [0.4, 0.5) is 5.69 Å². The molecule has 1 aromatic heterocycles. The molecule has 3 N–H and O–H groups in total. The number of aryl methyl sites for hydroxylation is 1. The lowest BCUT2D eigenvalue weighted by Gasteiger charge is -2.16. The van der Waals surface area contributed by atoms with Crippen molar-refractivity contribution < 1.29 is 5.11 Å². The number of anilines is 1. The van der Waals surface area contributed by atoms with Crippen molar-refractivity contribution in [3.05, 3.63) is 36.7 Å². The number of benzene rings is 1. The van der Waals surface area contributed by atoms with Crippen LogP contribution >= 0.6 is 0 Å². The molecule has 0 amide bonds. The zero-order valence-corrected chi connectivity index (χ0v) is 10.8. The first-order valence-electron chi connectivity index (χ1n) is 6.05. The van der Waals surface area contributed by atoms with E-state index in [0.29, 0.717) is 13.0 Å². The summed E-state index contributed by atoms with van der Waals surface area (Å²) in [6.45, 7) is 4.29. The third kappa shape index (κ3) is 3.11. The second-order valence-corrected chi connectivity index (χ2v) is 5.14. The van der Waals surface area contributed by atoms with Crippen molar-refractivity contribution >= 4 is 5.69 Å². The molecule has 0 unspecified atom stereocenters. The third-order valence-electron chi connectivity index (χ3n) is 2.86. The fourth-order valence-corrected chi connectivity index (χ4v) is 1.77. The Hall–Kier alpha value is -1.81. The lowest BCUT2D eigenvalue weighted by molar-refractivity contribution is 0.0651. The monoisotopic (exact) mass is 245 g/mol. The molecule has 0 saturated heterocycles. The molecule has 0 radical (unpaired) electrons.